The minimum absolute atomic E-state index is 0.218. The number of nitrogens with zero attached hydrogens (tertiary/aromatic N) is 1. The normalized spacial score (nSPS) is 11.2. The molecule has 0 unspecified atom stereocenters. The summed E-state index contributed by atoms with van der Waals surface area (Å²) in [6.07, 6.45) is -0.857. The van der Waals surface area contributed by atoms with Gasteiger partial charge in [0.25, 0.3) is 0 Å². The van der Waals surface area contributed by atoms with E-state index in [9.17, 15) is 13.2 Å². The molecule has 0 aromatic rings. The Hall–Kier alpha value is -0.720. The Morgan fingerprint density at radius 1 is 0.923 bits per heavy atom. The van der Waals surface area contributed by atoms with Crippen molar-refractivity contribution in [2.75, 3.05) is 0 Å². The van der Waals surface area contributed by atoms with Gasteiger partial charge in [-0.2, -0.15) is 18.4 Å². The third-order valence-corrected chi connectivity index (χ3v) is 1.75. The summed E-state index contributed by atoms with van der Waals surface area (Å²) < 4.78 is 34.9. The zero-order valence-electron chi connectivity index (χ0n) is 7.53. The van der Waals surface area contributed by atoms with E-state index in [0.29, 0.717) is 12.8 Å². The molecule has 0 radical (unpaired) electrons. The average molecular weight is 193 g/mol. The molecule has 0 saturated heterocycles. The number of halogens is 3. The Labute approximate surface area is 76.5 Å². The van der Waals surface area contributed by atoms with Crippen molar-refractivity contribution < 1.29 is 13.2 Å². The number of nitriles is 1. The SMILES string of the molecule is N#CCCCCCCCC(F)(F)F. The van der Waals surface area contributed by atoms with Crippen LogP contribution >= 0.6 is 0 Å². The number of unbranched alkanes of at least 4 members (excludes halogenated alkanes) is 5. The molecule has 0 bridgehead atoms. The van der Waals surface area contributed by atoms with E-state index in [1.807, 2.05) is 6.07 Å². The quantitative estimate of drug-likeness (QED) is 0.588. The van der Waals surface area contributed by atoms with Gasteiger partial charge < -0.3 is 0 Å². The molecule has 0 aromatic heterocycles. The lowest BCUT2D eigenvalue weighted by molar-refractivity contribution is -0.135. The highest BCUT2D eigenvalue weighted by atomic mass is 19.4. The van der Waals surface area contributed by atoms with Crippen molar-refractivity contribution in [2.45, 2.75) is 51.1 Å². The number of hydrogen-bond acceptors (Lipinski definition) is 1. The van der Waals surface area contributed by atoms with E-state index in [2.05, 4.69) is 0 Å². The van der Waals surface area contributed by atoms with Crippen LogP contribution in [0.25, 0.3) is 0 Å². The zero-order chi connectivity index (χ0) is 10.2. The molecule has 13 heavy (non-hydrogen) atoms. The van der Waals surface area contributed by atoms with E-state index in [0.717, 1.165) is 19.3 Å². The Balaban J connectivity index is 3.05. The molecule has 0 aromatic carbocycles. The van der Waals surface area contributed by atoms with Crippen LogP contribution in [0.3, 0.4) is 0 Å². The molecule has 76 valence electrons. The minimum Gasteiger partial charge on any atom is -0.198 e. The van der Waals surface area contributed by atoms with Crippen molar-refractivity contribution in [1.82, 2.24) is 0 Å². The second-order valence-electron chi connectivity index (χ2n) is 3.04. The van der Waals surface area contributed by atoms with Crippen molar-refractivity contribution in [3.05, 3.63) is 0 Å². The fourth-order valence-electron chi connectivity index (χ4n) is 1.06. The molecular formula is C9H14F3N. The van der Waals surface area contributed by atoms with Crippen LogP contribution in [0.1, 0.15) is 44.9 Å². The van der Waals surface area contributed by atoms with Crippen LogP contribution in [0.4, 0.5) is 13.2 Å². The molecule has 0 spiro atoms. The van der Waals surface area contributed by atoms with Gasteiger partial charge in [0.1, 0.15) is 0 Å². The van der Waals surface area contributed by atoms with Crippen LogP contribution in [-0.4, -0.2) is 6.18 Å². The van der Waals surface area contributed by atoms with Gasteiger partial charge in [0, 0.05) is 12.8 Å². The van der Waals surface area contributed by atoms with Gasteiger partial charge in [-0.05, 0) is 12.8 Å². The van der Waals surface area contributed by atoms with Gasteiger partial charge in [-0.3, -0.25) is 0 Å². The Kier molecular flexibility index (Phi) is 6.38. The second-order valence-corrected chi connectivity index (χ2v) is 3.04. The maximum absolute atomic E-state index is 11.6. The van der Waals surface area contributed by atoms with Crippen molar-refractivity contribution >= 4 is 0 Å². The van der Waals surface area contributed by atoms with Gasteiger partial charge in [0.05, 0.1) is 6.07 Å². The molecule has 4 heteroatoms. The summed E-state index contributed by atoms with van der Waals surface area (Å²) in [6, 6.07) is 2.00. The highest BCUT2D eigenvalue weighted by Gasteiger charge is 2.25. The summed E-state index contributed by atoms with van der Waals surface area (Å²) in [5.74, 6) is 0. The smallest absolute Gasteiger partial charge is 0.198 e. The molecule has 0 aliphatic rings. The summed E-state index contributed by atoms with van der Waals surface area (Å²) in [4.78, 5) is 0. The molecule has 0 heterocycles. The van der Waals surface area contributed by atoms with Crippen LogP contribution in [0.5, 0.6) is 0 Å². The van der Waals surface area contributed by atoms with Crippen LogP contribution in [0.2, 0.25) is 0 Å². The maximum Gasteiger partial charge on any atom is 0.389 e. The van der Waals surface area contributed by atoms with Crippen molar-refractivity contribution in [3.63, 3.8) is 0 Å². The lowest BCUT2D eigenvalue weighted by atomic mass is 10.1. The molecule has 0 N–H and O–H groups in total. The Bertz CT molecular complexity index is 157. The summed E-state index contributed by atoms with van der Waals surface area (Å²) in [7, 11) is 0. The monoisotopic (exact) mass is 193 g/mol. The summed E-state index contributed by atoms with van der Waals surface area (Å²) in [5.41, 5.74) is 0. The first-order valence-electron chi connectivity index (χ1n) is 4.50. The van der Waals surface area contributed by atoms with Gasteiger partial charge in [-0.25, -0.2) is 0 Å². The third-order valence-electron chi connectivity index (χ3n) is 1.75. The molecular weight excluding hydrogens is 179 g/mol. The van der Waals surface area contributed by atoms with Crippen molar-refractivity contribution in [3.8, 4) is 6.07 Å². The summed E-state index contributed by atoms with van der Waals surface area (Å²) >= 11 is 0. The van der Waals surface area contributed by atoms with E-state index in [1.165, 1.54) is 0 Å². The lowest BCUT2D eigenvalue weighted by Crippen LogP contribution is -2.06. The van der Waals surface area contributed by atoms with Crippen LogP contribution in [0, 0.1) is 11.3 Å². The lowest BCUT2D eigenvalue weighted by Gasteiger charge is -2.04. The molecule has 0 aliphatic heterocycles. The Morgan fingerprint density at radius 2 is 1.46 bits per heavy atom. The van der Waals surface area contributed by atoms with E-state index < -0.39 is 12.6 Å². The first kappa shape index (κ1) is 12.3. The predicted octanol–water partition coefficient (Wildman–Crippen LogP) is 3.80. The van der Waals surface area contributed by atoms with E-state index in [4.69, 9.17) is 5.26 Å². The molecule has 0 atom stereocenters. The summed E-state index contributed by atoms with van der Waals surface area (Å²) in [5, 5.41) is 8.18. The number of rotatable bonds is 6. The minimum atomic E-state index is -4.01. The first-order chi connectivity index (χ1) is 6.06. The number of hydrogen-bond donors (Lipinski definition) is 0. The van der Waals surface area contributed by atoms with Crippen LogP contribution in [-0.2, 0) is 0 Å². The topological polar surface area (TPSA) is 23.8 Å². The maximum atomic E-state index is 11.6. The average Bonchev–Trinajstić information content (AvgIpc) is 2.01. The van der Waals surface area contributed by atoms with Crippen molar-refractivity contribution in [1.29, 1.82) is 5.26 Å². The van der Waals surface area contributed by atoms with Gasteiger partial charge >= 0.3 is 6.18 Å². The first-order valence-corrected chi connectivity index (χ1v) is 4.50. The largest absolute Gasteiger partial charge is 0.389 e. The predicted molar refractivity (Wildman–Crippen MR) is 44.0 cm³/mol. The van der Waals surface area contributed by atoms with Gasteiger partial charge in [-0.1, -0.05) is 19.3 Å². The standard InChI is InChI=1S/C9H14F3N/c10-9(11,12)7-5-3-1-2-4-6-8-13/h1-7H2. The molecule has 0 fully saturated rings. The molecule has 0 amide bonds. The number of alkyl halides is 3. The highest BCUT2D eigenvalue weighted by molar-refractivity contribution is 4.67. The van der Waals surface area contributed by atoms with Crippen molar-refractivity contribution in [2.24, 2.45) is 0 Å². The van der Waals surface area contributed by atoms with Crippen LogP contribution in [0.15, 0.2) is 0 Å². The third kappa shape index (κ3) is 11.3. The van der Waals surface area contributed by atoms with E-state index in [-0.39, 0.29) is 6.42 Å². The van der Waals surface area contributed by atoms with Crippen LogP contribution < -0.4 is 0 Å². The molecule has 0 rings (SSSR count). The van der Waals surface area contributed by atoms with Gasteiger partial charge in [0.2, 0.25) is 0 Å². The Morgan fingerprint density at radius 3 is 2.00 bits per heavy atom. The summed E-state index contributed by atoms with van der Waals surface area (Å²) in [6.45, 7) is 0. The van der Waals surface area contributed by atoms with Gasteiger partial charge in [0.15, 0.2) is 0 Å². The zero-order valence-corrected chi connectivity index (χ0v) is 7.53. The second kappa shape index (κ2) is 6.76. The molecule has 0 saturated carbocycles. The molecule has 1 nitrogen and oxygen atoms in total. The van der Waals surface area contributed by atoms with E-state index in [1.54, 1.807) is 0 Å². The highest BCUT2D eigenvalue weighted by Crippen LogP contribution is 2.22. The molecule has 0 aliphatic carbocycles. The fourth-order valence-corrected chi connectivity index (χ4v) is 1.06. The van der Waals surface area contributed by atoms with Gasteiger partial charge in [-0.15, -0.1) is 0 Å². The van der Waals surface area contributed by atoms with E-state index >= 15 is 0 Å². The fraction of sp³-hybridized carbons (Fsp3) is 0.889.